The van der Waals surface area contributed by atoms with Gasteiger partial charge in [0.25, 0.3) is 0 Å². The molecule has 0 bridgehead atoms. The predicted molar refractivity (Wildman–Crippen MR) is 50.4 cm³/mol. The lowest BCUT2D eigenvalue weighted by atomic mass is 10.0. The highest BCUT2D eigenvalue weighted by atomic mass is 16.1. The van der Waals surface area contributed by atoms with E-state index in [1.54, 1.807) is 12.1 Å². The number of hydrogen-bond donors (Lipinski definition) is 0. The van der Waals surface area contributed by atoms with Crippen molar-refractivity contribution in [2.75, 3.05) is 0 Å². The van der Waals surface area contributed by atoms with Crippen molar-refractivity contribution < 1.29 is 4.79 Å². The van der Waals surface area contributed by atoms with E-state index in [-0.39, 0.29) is 5.78 Å². The SMILES string of the molecule is CCC(=O)c1cccc(CC#N)c1. The highest BCUT2D eigenvalue weighted by Crippen LogP contribution is 2.07. The van der Waals surface area contributed by atoms with Gasteiger partial charge in [0, 0.05) is 12.0 Å². The van der Waals surface area contributed by atoms with Crippen molar-refractivity contribution in [2.24, 2.45) is 0 Å². The Bertz CT molecular complexity index is 349. The quantitative estimate of drug-likeness (QED) is 0.658. The number of rotatable bonds is 3. The van der Waals surface area contributed by atoms with E-state index in [0.717, 1.165) is 5.56 Å². The molecule has 0 N–H and O–H groups in total. The zero-order valence-electron chi connectivity index (χ0n) is 7.58. The van der Waals surface area contributed by atoms with E-state index in [1.165, 1.54) is 0 Å². The minimum atomic E-state index is 0.125. The first-order valence-electron chi connectivity index (χ1n) is 4.27. The van der Waals surface area contributed by atoms with Gasteiger partial charge >= 0.3 is 0 Å². The number of carbonyl (C=O) groups is 1. The lowest BCUT2D eigenvalue weighted by Crippen LogP contribution is -1.97. The number of benzene rings is 1. The van der Waals surface area contributed by atoms with Crippen LogP contribution in [0.4, 0.5) is 0 Å². The molecule has 0 saturated heterocycles. The number of ketones is 1. The molecule has 1 aromatic carbocycles. The molecule has 0 aliphatic carbocycles. The second-order valence-electron chi connectivity index (χ2n) is 2.81. The van der Waals surface area contributed by atoms with E-state index in [9.17, 15) is 4.79 Å². The second kappa shape index (κ2) is 4.42. The summed E-state index contributed by atoms with van der Waals surface area (Å²) in [5.41, 5.74) is 1.61. The van der Waals surface area contributed by atoms with Crippen molar-refractivity contribution in [1.82, 2.24) is 0 Å². The Morgan fingerprint density at radius 1 is 1.54 bits per heavy atom. The molecule has 0 aliphatic heterocycles. The summed E-state index contributed by atoms with van der Waals surface area (Å²) in [6, 6.07) is 9.30. The topological polar surface area (TPSA) is 40.9 Å². The Balaban J connectivity index is 2.93. The van der Waals surface area contributed by atoms with Crippen molar-refractivity contribution in [2.45, 2.75) is 19.8 Å². The van der Waals surface area contributed by atoms with Gasteiger partial charge in [-0.05, 0) is 11.6 Å². The average molecular weight is 173 g/mol. The molecule has 0 heterocycles. The Morgan fingerprint density at radius 2 is 2.31 bits per heavy atom. The lowest BCUT2D eigenvalue weighted by molar-refractivity contribution is 0.0988. The van der Waals surface area contributed by atoms with Gasteiger partial charge in [-0.15, -0.1) is 0 Å². The summed E-state index contributed by atoms with van der Waals surface area (Å²) in [6.45, 7) is 1.83. The fourth-order valence-electron chi connectivity index (χ4n) is 1.15. The molecule has 1 aromatic rings. The largest absolute Gasteiger partial charge is 0.294 e. The summed E-state index contributed by atoms with van der Waals surface area (Å²) in [5.74, 6) is 0.125. The zero-order chi connectivity index (χ0) is 9.68. The van der Waals surface area contributed by atoms with Crippen LogP contribution < -0.4 is 0 Å². The third-order valence-corrected chi connectivity index (χ3v) is 1.85. The molecule has 13 heavy (non-hydrogen) atoms. The molecule has 0 aliphatic rings. The van der Waals surface area contributed by atoms with Crippen molar-refractivity contribution in [3.63, 3.8) is 0 Å². The molecule has 2 nitrogen and oxygen atoms in total. The maximum atomic E-state index is 11.3. The van der Waals surface area contributed by atoms with Crippen molar-refractivity contribution in [3.05, 3.63) is 35.4 Å². The normalized spacial score (nSPS) is 9.23. The number of nitrogens with zero attached hydrogens (tertiary/aromatic N) is 1. The van der Waals surface area contributed by atoms with Crippen LogP contribution in [0, 0.1) is 11.3 Å². The Kier molecular flexibility index (Phi) is 3.22. The fourth-order valence-corrected chi connectivity index (χ4v) is 1.15. The molecule has 0 saturated carbocycles. The zero-order valence-corrected chi connectivity index (χ0v) is 7.58. The van der Waals surface area contributed by atoms with Crippen molar-refractivity contribution >= 4 is 5.78 Å². The molecule has 2 heteroatoms. The minimum absolute atomic E-state index is 0.125. The number of carbonyl (C=O) groups excluding carboxylic acids is 1. The van der Waals surface area contributed by atoms with Gasteiger partial charge in [-0.1, -0.05) is 25.1 Å². The molecule has 0 amide bonds. The molecule has 0 radical (unpaired) electrons. The summed E-state index contributed by atoms with van der Waals surface area (Å²) < 4.78 is 0. The lowest BCUT2D eigenvalue weighted by Gasteiger charge is -1.99. The van der Waals surface area contributed by atoms with Crippen molar-refractivity contribution in [3.8, 4) is 6.07 Å². The first-order valence-corrected chi connectivity index (χ1v) is 4.27. The molecule has 0 aromatic heterocycles. The van der Waals surface area contributed by atoms with Crippen LogP contribution in [-0.2, 0) is 6.42 Å². The molecule has 0 atom stereocenters. The van der Waals surface area contributed by atoms with Crippen LogP contribution in [0.5, 0.6) is 0 Å². The second-order valence-corrected chi connectivity index (χ2v) is 2.81. The maximum Gasteiger partial charge on any atom is 0.162 e. The first kappa shape index (κ1) is 9.47. The smallest absolute Gasteiger partial charge is 0.162 e. The van der Waals surface area contributed by atoms with Gasteiger partial charge in [0.05, 0.1) is 12.5 Å². The van der Waals surface area contributed by atoms with E-state index in [0.29, 0.717) is 18.4 Å². The van der Waals surface area contributed by atoms with Gasteiger partial charge in [-0.25, -0.2) is 0 Å². The van der Waals surface area contributed by atoms with Crippen molar-refractivity contribution in [1.29, 1.82) is 5.26 Å². The number of hydrogen-bond acceptors (Lipinski definition) is 2. The van der Waals surface area contributed by atoms with Gasteiger partial charge in [0.15, 0.2) is 5.78 Å². The van der Waals surface area contributed by atoms with Gasteiger partial charge in [-0.2, -0.15) is 5.26 Å². The third kappa shape index (κ3) is 2.41. The molecule has 66 valence electrons. The summed E-state index contributed by atoms with van der Waals surface area (Å²) in [7, 11) is 0. The molecule has 0 fully saturated rings. The highest BCUT2D eigenvalue weighted by Gasteiger charge is 2.02. The van der Waals surface area contributed by atoms with Crippen LogP contribution >= 0.6 is 0 Å². The van der Waals surface area contributed by atoms with Crippen LogP contribution in [0.3, 0.4) is 0 Å². The van der Waals surface area contributed by atoms with Crippen LogP contribution in [0.2, 0.25) is 0 Å². The van der Waals surface area contributed by atoms with E-state index < -0.39 is 0 Å². The molecule has 0 unspecified atom stereocenters. The van der Waals surface area contributed by atoms with Gasteiger partial charge < -0.3 is 0 Å². The van der Waals surface area contributed by atoms with Crippen LogP contribution in [0.25, 0.3) is 0 Å². The predicted octanol–water partition coefficient (Wildman–Crippen LogP) is 2.35. The highest BCUT2D eigenvalue weighted by molar-refractivity contribution is 5.95. The van der Waals surface area contributed by atoms with Crippen LogP contribution in [-0.4, -0.2) is 5.78 Å². The van der Waals surface area contributed by atoms with E-state index in [4.69, 9.17) is 5.26 Å². The third-order valence-electron chi connectivity index (χ3n) is 1.85. The summed E-state index contributed by atoms with van der Waals surface area (Å²) in [4.78, 5) is 11.3. The van der Waals surface area contributed by atoms with Gasteiger partial charge in [-0.3, -0.25) is 4.79 Å². The first-order chi connectivity index (χ1) is 6.27. The summed E-state index contributed by atoms with van der Waals surface area (Å²) in [5, 5.41) is 8.47. The van der Waals surface area contributed by atoms with E-state index in [2.05, 4.69) is 6.07 Å². The monoisotopic (exact) mass is 173 g/mol. The van der Waals surface area contributed by atoms with E-state index >= 15 is 0 Å². The number of nitriles is 1. The fraction of sp³-hybridized carbons (Fsp3) is 0.273. The molecule has 1 rings (SSSR count). The Morgan fingerprint density at radius 3 is 2.92 bits per heavy atom. The minimum Gasteiger partial charge on any atom is -0.294 e. The average Bonchev–Trinajstić information content (AvgIpc) is 2.18. The summed E-state index contributed by atoms with van der Waals surface area (Å²) in [6.07, 6.45) is 0.876. The standard InChI is InChI=1S/C11H11NO/c1-2-11(13)10-5-3-4-9(8-10)6-7-12/h3-5,8H,2,6H2,1H3. The molecular weight excluding hydrogens is 162 g/mol. The maximum absolute atomic E-state index is 11.3. The Hall–Kier alpha value is -1.62. The van der Waals surface area contributed by atoms with E-state index in [1.807, 2.05) is 19.1 Å². The van der Waals surface area contributed by atoms with Crippen LogP contribution in [0.15, 0.2) is 24.3 Å². The number of Topliss-reactive ketones (excluding diaryl/α,β-unsaturated/α-hetero) is 1. The molecule has 0 spiro atoms. The van der Waals surface area contributed by atoms with Gasteiger partial charge in [0.2, 0.25) is 0 Å². The molecular formula is C11H11NO. The Labute approximate surface area is 77.8 Å². The van der Waals surface area contributed by atoms with Crippen LogP contribution in [0.1, 0.15) is 29.3 Å². The van der Waals surface area contributed by atoms with Gasteiger partial charge in [0.1, 0.15) is 0 Å². The summed E-state index contributed by atoms with van der Waals surface area (Å²) >= 11 is 0.